The Hall–Kier alpha value is -3.15. The van der Waals surface area contributed by atoms with E-state index in [1.165, 1.54) is 0 Å². The number of carbonyl (C=O) groups excluding carboxylic acids is 3. The molecule has 4 N–H and O–H groups in total. The Morgan fingerprint density at radius 1 is 1.04 bits per heavy atom. The number of anilines is 1. The molecule has 0 aromatic heterocycles. The molecule has 3 amide bonds. The van der Waals surface area contributed by atoms with Gasteiger partial charge in [-0.1, -0.05) is 30.3 Å². The molecule has 0 spiro atoms. The Morgan fingerprint density at radius 3 is 2.35 bits per heavy atom. The van der Waals surface area contributed by atoms with Gasteiger partial charge in [0.1, 0.15) is 5.92 Å². The predicted molar refractivity (Wildman–Crippen MR) is 84.1 cm³/mol. The van der Waals surface area contributed by atoms with Crippen molar-refractivity contribution in [2.75, 3.05) is 5.73 Å². The van der Waals surface area contributed by atoms with Crippen LogP contribution in [0, 0.1) is 0 Å². The van der Waals surface area contributed by atoms with Gasteiger partial charge < -0.3 is 11.5 Å². The van der Waals surface area contributed by atoms with Crippen LogP contribution in [0.15, 0.2) is 48.5 Å². The van der Waals surface area contributed by atoms with Crippen LogP contribution in [0.5, 0.6) is 0 Å². The van der Waals surface area contributed by atoms with Gasteiger partial charge >= 0.3 is 0 Å². The first-order chi connectivity index (χ1) is 11.0. The zero-order valence-corrected chi connectivity index (χ0v) is 12.2. The van der Waals surface area contributed by atoms with E-state index in [9.17, 15) is 14.4 Å². The van der Waals surface area contributed by atoms with E-state index < -0.39 is 23.6 Å². The van der Waals surface area contributed by atoms with Crippen LogP contribution >= 0.6 is 0 Å². The first-order valence-corrected chi connectivity index (χ1v) is 7.07. The summed E-state index contributed by atoms with van der Waals surface area (Å²) in [6, 6.07) is 13.4. The second-order valence-corrected chi connectivity index (χ2v) is 5.39. The fourth-order valence-electron chi connectivity index (χ4n) is 2.71. The van der Waals surface area contributed by atoms with Crippen molar-refractivity contribution in [3.63, 3.8) is 0 Å². The summed E-state index contributed by atoms with van der Waals surface area (Å²) in [4.78, 5) is 38.0. The smallest absolute Gasteiger partial charge is 0.261 e. The van der Waals surface area contributed by atoms with Gasteiger partial charge in [0.25, 0.3) is 5.91 Å². The molecule has 23 heavy (non-hydrogen) atoms. The lowest BCUT2D eigenvalue weighted by atomic mass is 9.87. The molecular weight excluding hydrogens is 294 g/mol. The maximum absolute atomic E-state index is 12.6. The minimum absolute atomic E-state index is 0.0655. The number of fused-ring (bicyclic) bond motifs is 1. The van der Waals surface area contributed by atoms with Gasteiger partial charge in [-0.2, -0.15) is 0 Å². The minimum atomic E-state index is -1.14. The molecular formula is C17H15N3O3. The fraction of sp³-hybridized carbons (Fsp3) is 0.118. The van der Waals surface area contributed by atoms with Gasteiger partial charge in [0.15, 0.2) is 0 Å². The molecule has 2 aromatic carbocycles. The van der Waals surface area contributed by atoms with Crippen molar-refractivity contribution in [2.45, 2.75) is 12.5 Å². The molecule has 0 bridgehead atoms. The molecule has 3 rings (SSSR count). The van der Waals surface area contributed by atoms with Crippen molar-refractivity contribution < 1.29 is 14.4 Å². The van der Waals surface area contributed by atoms with E-state index in [-0.39, 0.29) is 6.54 Å². The van der Waals surface area contributed by atoms with Gasteiger partial charge in [-0.15, -0.1) is 0 Å². The molecule has 1 unspecified atom stereocenters. The molecule has 1 heterocycles. The van der Waals surface area contributed by atoms with Crippen molar-refractivity contribution >= 4 is 23.4 Å². The number of amides is 3. The van der Waals surface area contributed by atoms with E-state index in [0.717, 1.165) is 10.5 Å². The molecule has 1 aliphatic rings. The van der Waals surface area contributed by atoms with Crippen molar-refractivity contribution in [2.24, 2.45) is 5.73 Å². The molecule has 0 fully saturated rings. The van der Waals surface area contributed by atoms with Crippen molar-refractivity contribution in [1.29, 1.82) is 0 Å². The number of nitrogen functional groups attached to an aromatic ring is 1. The van der Waals surface area contributed by atoms with Crippen LogP contribution in [0.3, 0.4) is 0 Å². The molecule has 1 aliphatic heterocycles. The summed E-state index contributed by atoms with van der Waals surface area (Å²) in [6.45, 7) is 0.0655. The first kappa shape index (κ1) is 14.8. The van der Waals surface area contributed by atoms with Gasteiger partial charge in [0.05, 0.1) is 6.54 Å². The Balaban J connectivity index is 2.01. The highest BCUT2D eigenvalue weighted by Crippen LogP contribution is 2.30. The number of hydrogen-bond donors (Lipinski definition) is 2. The average molecular weight is 309 g/mol. The molecule has 6 heteroatoms. The molecule has 0 radical (unpaired) electrons. The van der Waals surface area contributed by atoms with Crippen LogP contribution in [-0.2, 0) is 16.1 Å². The minimum Gasteiger partial charge on any atom is -0.399 e. The van der Waals surface area contributed by atoms with Gasteiger partial charge in [-0.25, -0.2) is 0 Å². The van der Waals surface area contributed by atoms with Gasteiger partial charge in [-0.3, -0.25) is 19.3 Å². The number of primary amides is 1. The maximum atomic E-state index is 12.6. The molecule has 0 saturated carbocycles. The van der Waals surface area contributed by atoms with Crippen LogP contribution in [0.2, 0.25) is 0 Å². The number of rotatable bonds is 3. The monoisotopic (exact) mass is 309 g/mol. The third kappa shape index (κ3) is 2.55. The lowest BCUT2D eigenvalue weighted by Gasteiger charge is -2.31. The third-order valence-corrected chi connectivity index (χ3v) is 3.87. The number of hydrogen-bond acceptors (Lipinski definition) is 4. The molecule has 0 aliphatic carbocycles. The summed E-state index contributed by atoms with van der Waals surface area (Å²) in [5.74, 6) is -2.94. The van der Waals surface area contributed by atoms with E-state index in [0.29, 0.717) is 16.8 Å². The van der Waals surface area contributed by atoms with Gasteiger partial charge in [0.2, 0.25) is 11.8 Å². The normalized spacial score (nSPS) is 17.0. The average Bonchev–Trinajstić information content (AvgIpc) is 2.53. The summed E-state index contributed by atoms with van der Waals surface area (Å²) in [5, 5.41) is 0. The van der Waals surface area contributed by atoms with Crippen molar-refractivity contribution in [1.82, 2.24) is 4.90 Å². The van der Waals surface area contributed by atoms with Crippen LogP contribution in [-0.4, -0.2) is 22.6 Å². The topological polar surface area (TPSA) is 106 Å². The van der Waals surface area contributed by atoms with E-state index in [1.807, 2.05) is 0 Å². The molecule has 2 aromatic rings. The van der Waals surface area contributed by atoms with Gasteiger partial charge in [0, 0.05) is 11.3 Å². The Labute approximate surface area is 132 Å². The lowest BCUT2D eigenvalue weighted by molar-refractivity contribution is -0.136. The number of imide groups is 1. The fourth-order valence-corrected chi connectivity index (χ4v) is 2.71. The van der Waals surface area contributed by atoms with E-state index in [1.54, 1.807) is 48.5 Å². The quantitative estimate of drug-likeness (QED) is 0.501. The third-order valence-electron chi connectivity index (χ3n) is 3.87. The second kappa shape index (κ2) is 5.57. The Kier molecular flexibility index (Phi) is 3.57. The second-order valence-electron chi connectivity index (χ2n) is 5.39. The number of carbonyl (C=O) groups is 3. The lowest BCUT2D eigenvalue weighted by Crippen LogP contribution is -2.47. The van der Waals surface area contributed by atoms with Crippen LogP contribution in [0.1, 0.15) is 27.4 Å². The molecule has 6 nitrogen and oxygen atoms in total. The highest BCUT2D eigenvalue weighted by atomic mass is 16.2. The Bertz CT molecular complexity index is 799. The number of nitrogens with zero attached hydrogens (tertiary/aromatic N) is 1. The zero-order valence-electron chi connectivity index (χ0n) is 12.2. The number of nitrogens with two attached hydrogens (primary N) is 2. The zero-order chi connectivity index (χ0) is 16.6. The van der Waals surface area contributed by atoms with Crippen LogP contribution in [0.25, 0.3) is 0 Å². The first-order valence-electron chi connectivity index (χ1n) is 7.07. The largest absolute Gasteiger partial charge is 0.399 e. The summed E-state index contributed by atoms with van der Waals surface area (Å²) in [5.41, 5.74) is 13.0. The summed E-state index contributed by atoms with van der Waals surface area (Å²) in [7, 11) is 0. The summed E-state index contributed by atoms with van der Waals surface area (Å²) in [6.07, 6.45) is 0. The summed E-state index contributed by atoms with van der Waals surface area (Å²) < 4.78 is 0. The SMILES string of the molecule is NC(=O)C1C(=O)N(Cc2ccc(N)cc2)C(=O)c2ccccc21. The standard InChI is InChI=1S/C17H15N3O3/c18-11-7-5-10(6-8-11)9-20-16(22)13-4-2-1-3-12(13)14(15(19)21)17(20)23/h1-8,14H,9,18H2,(H2,19,21). The maximum Gasteiger partial charge on any atom is 0.261 e. The molecule has 1 atom stereocenters. The van der Waals surface area contributed by atoms with Gasteiger partial charge in [-0.05, 0) is 29.3 Å². The van der Waals surface area contributed by atoms with E-state index in [2.05, 4.69) is 0 Å². The van der Waals surface area contributed by atoms with Crippen molar-refractivity contribution in [3.8, 4) is 0 Å². The predicted octanol–water partition coefficient (Wildman–Crippen LogP) is 1.02. The van der Waals surface area contributed by atoms with Crippen LogP contribution in [0.4, 0.5) is 5.69 Å². The molecule has 116 valence electrons. The van der Waals surface area contributed by atoms with Crippen molar-refractivity contribution in [3.05, 3.63) is 65.2 Å². The molecule has 0 saturated heterocycles. The van der Waals surface area contributed by atoms with E-state index in [4.69, 9.17) is 11.5 Å². The number of benzene rings is 2. The van der Waals surface area contributed by atoms with E-state index >= 15 is 0 Å². The highest BCUT2D eigenvalue weighted by molar-refractivity contribution is 6.18. The Morgan fingerprint density at radius 2 is 1.70 bits per heavy atom. The highest BCUT2D eigenvalue weighted by Gasteiger charge is 2.41. The van der Waals surface area contributed by atoms with Crippen LogP contribution < -0.4 is 11.5 Å². The summed E-state index contributed by atoms with van der Waals surface area (Å²) >= 11 is 0.